The molecule has 1 atom stereocenters. The van der Waals surface area contributed by atoms with Gasteiger partial charge in [0.15, 0.2) is 5.13 Å². The standard InChI is InChI=1S/C25H31ClN4O5S3/c1-34-18-6-7-19-21(17-18)36-25(27-19)29(11-4-10-28-13-15-35-16-14-28)24(31)20-5-2-3-12-30(20)38(32,33)23-9-8-22(26)37-23/h6-9,17,20H,2-5,10-16H2,1H3. The molecule has 2 fully saturated rings. The van der Waals surface area contributed by atoms with Crippen LogP contribution in [0.15, 0.2) is 34.5 Å². The molecule has 4 heterocycles. The summed E-state index contributed by atoms with van der Waals surface area (Å²) in [6.45, 7) is 4.73. The van der Waals surface area contributed by atoms with Crippen molar-refractivity contribution in [1.82, 2.24) is 14.2 Å². The van der Waals surface area contributed by atoms with Crippen LogP contribution in [-0.4, -0.2) is 87.6 Å². The molecule has 5 rings (SSSR count). The number of hydrogen-bond donors (Lipinski definition) is 0. The molecule has 0 spiro atoms. The zero-order chi connectivity index (χ0) is 26.7. The second kappa shape index (κ2) is 12.2. The number of rotatable bonds is 9. The number of amides is 1. The Bertz CT molecular complexity index is 1370. The van der Waals surface area contributed by atoms with Gasteiger partial charge in [0.2, 0.25) is 5.91 Å². The number of thiophene rings is 1. The number of halogens is 1. The Hall–Kier alpha value is -1.80. The molecular weight excluding hydrogens is 568 g/mol. The maximum absolute atomic E-state index is 14.2. The molecule has 2 saturated heterocycles. The molecule has 1 amide bonds. The van der Waals surface area contributed by atoms with Gasteiger partial charge in [-0.2, -0.15) is 4.31 Å². The monoisotopic (exact) mass is 598 g/mol. The zero-order valence-electron chi connectivity index (χ0n) is 21.2. The van der Waals surface area contributed by atoms with Gasteiger partial charge in [0, 0.05) is 32.7 Å². The average molecular weight is 599 g/mol. The first-order valence-corrected chi connectivity index (χ1v) is 16.1. The maximum Gasteiger partial charge on any atom is 0.253 e. The summed E-state index contributed by atoms with van der Waals surface area (Å²) in [6, 6.07) is 7.93. The van der Waals surface area contributed by atoms with Gasteiger partial charge in [0.1, 0.15) is 16.0 Å². The van der Waals surface area contributed by atoms with Crippen molar-refractivity contribution in [2.24, 2.45) is 0 Å². The first-order chi connectivity index (χ1) is 18.4. The fourth-order valence-electron chi connectivity index (χ4n) is 4.88. The number of morpholine rings is 1. The number of thiazole rings is 1. The van der Waals surface area contributed by atoms with Crippen molar-refractivity contribution in [3.05, 3.63) is 34.7 Å². The lowest BCUT2D eigenvalue weighted by Crippen LogP contribution is -2.53. The number of hydrogen-bond acceptors (Lipinski definition) is 9. The topological polar surface area (TPSA) is 92.3 Å². The maximum atomic E-state index is 14.2. The SMILES string of the molecule is COc1ccc2nc(N(CCCN3CCOCC3)C(=O)C3CCCCN3S(=O)(=O)c3ccc(Cl)s3)sc2c1. The number of carbonyl (C=O) groups excluding carboxylic acids is 1. The van der Waals surface area contributed by atoms with Gasteiger partial charge in [0.25, 0.3) is 10.0 Å². The Morgan fingerprint density at radius 1 is 1.18 bits per heavy atom. The molecule has 1 unspecified atom stereocenters. The van der Waals surface area contributed by atoms with Crippen molar-refractivity contribution in [3.8, 4) is 5.75 Å². The van der Waals surface area contributed by atoms with Crippen LogP contribution in [0.1, 0.15) is 25.7 Å². The van der Waals surface area contributed by atoms with Crippen molar-refractivity contribution in [2.75, 3.05) is 57.9 Å². The van der Waals surface area contributed by atoms with Gasteiger partial charge in [0.05, 0.1) is 34.9 Å². The van der Waals surface area contributed by atoms with Crippen LogP contribution in [0.3, 0.4) is 0 Å². The van der Waals surface area contributed by atoms with Crippen LogP contribution in [0, 0.1) is 0 Å². The van der Waals surface area contributed by atoms with Gasteiger partial charge < -0.3 is 9.47 Å². The second-order valence-electron chi connectivity index (χ2n) is 9.31. The van der Waals surface area contributed by atoms with E-state index in [9.17, 15) is 13.2 Å². The van der Waals surface area contributed by atoms with Crippen LogP contribution in [0.2, 0.25) is 4.34 Å². The summed E-state index contributed by atoms with van der Waals surface area (Å²) in [7, 11) is -2.24. The van der Waals surface area contributed by atoms with Gasteiger partial charge in [-0.3, -0.25) is 14.6 Å². The van der Waals surface area contributed by atoms with E-state index < -0.39 is 16.1 Å². The van der Waals surface area contributed by atoms with Crippen molar-refractivity contribution >= 4 is 65.6 Å². The molecule has 0 aliphatic carbocycles. The number of fused-ring (bicyclic) bond motifs is 1. The lowest BCUT2D eigenvalue weighted by Gasteiger charge is -2.36. The average Bonchev–Trinajstić information content (AvgIpc) is 3.57. The minimum Gasteiger partial charge on any atom is -0.497 e. The second-order valence-corrected chi connectivity index (χ2v) is 14.2. The van der Waals surface area contributed by atoms with Crippen LogP contribution >= 0.6 is 34.3 Å². The highest BCUT2D eigenvalue weighted by molar-refractivity contribution is 7.91. The Labute approximate surface area is 236 Å². The van der Waals surface area contributed by atoms with Crippen molar-refractivity contribution < 1.29 is 22.7 Å². The molecule has 9 nitrogen and oxygen atoms in total. The van der Waals surface area contributed by atoms with Crippen LogP contribution in [0.25, 0.3) is 10.2 Å². The Morgan fingerprint density at radius 3 is 2.74 bits per heavy atom. The largest absolute Gasteiger partial charge is 0.497 e. The quantitative estimate of drug-likeness (QED) is 0.362. The zero-order valence-corrected chi connectivity index (χ0v) is 24.4. The molecule has 3 aromatic rings. The van der Waals surface area contributed by atoms with Gasteiger partial charge >= 0.3 is 0 Å². The molecule has 38 heavy (non-hydrogen) atoms. The predicted molar refractivity (Wildman–Crippen MR) is 151 cm³/mol. The normalized spacial score (nSPS) is 19.6. The molecule has 0 N–H and O–H groups in total. The first-order valence-electron chi connectivity index (χ1n) is 12.7. The van der Waals surface area contributed by atoms with Crippen molar-refractivity contribution in [3.63, 3.8) is 0 Å². The molecule has 0 bridgehead atoms. The van der Waals surface area contributed by atoms with E-state index in [2.05, 4.69) is 4.90 Å². The van der Waals surface area contributed by atoms with Crippen LogP contribution in [0.4, 0.5) is 5.13 Å². The highest BCUT2D eigenvalue weighted by Gasteiger charge is 2.41. The number of nitrogens with zero attached hydrogens (tertiary/aromatic N) is 4. The third kappa shape index (κ3) is 6.01. The number of carbonyl (C=O) groups is 1. The third-order valence-corrected chi connectivity index (χ3v) is 11.5. The highest BCUT2D eigenvalue weighted by atomic mass is 35.5. The lowest BCUT2D eigenvalue weighted by atomic mass is 10.0. The molecule has 13 heteroatoms. The summed E-state index contributed by atoms with van der Waals surface area (Å²) >= 11 is 8.48. The van der Waals surface area contributed by atoms with E-state index in [0.717, 1.165) is 59.8 Å². The molecule has 0 saturated carbocycles. The van der Waals surface area contributed by atoms with E-state index in [0.29, 0.717) is 48.6 Å². The van der Waals surface area contributed by atoms with Crippen molar-refractivity contribution in [2.45, 2.75) is 35.9 Å². The van der Waals surface area contributed by atoms with Gasteiger partial charge in [-0.25, -0.2) is 13.4 Å². The van der Waals surface area contributed by atoms with Gasteiger partial charge in [-0.15, -0.1) is 11.3 Å². The van der Waals surface area contributed by atoms with Gasteiger partial charge in [-0.1, -0.05) is 29.4 Å². The fourth-order valence-corrected chi connectivity index (χ4v) is 9.17. The molecule has 2 aliphatic rings. The summed E-state index contributed by atoms with van der Waals surface area (Å²) in [4.78, 5) is 23.0. The summed E-state index contributed by atoms with van der Waals surface area (Å²) < 4.78 is 40.8. The minimum atomic E-state index is -3.86. The van der Waals surface area contributed by atoms with Gasteiger partial charge in [-0.05, 0) is 49.6 Å². The number of sulfonamides is 1. The van der Waals surface area contributed by atoms with E-state index in [1.54, 1.807) is 18.1 Å². The summed E-state index contributed by atoms with van der Waals surface area (Å²) in [5.74, 6) is 0.487. The van der Waals surface area contributed by atoms with Crippen LogP contribution < -0.4 is 9.64 Å². The number of piperidine rings is 1. The third-order valence-electron chi connectivity index (χ3n) is 6.89. The summed E-state index contributed by atoms with van der Waals surface area (Å²) in [6.07, 6.45) is 2.70. The van der Waals surface area contributed by atoms with Crippen molar-refractivity contribution in [1.29, 1.82) is 0 Å². The number of benzene rings is 1. The van der Waals surface area contributed by atoms with E-state index in [4.69, 9.17) is 26.1 Å². The molecule has 2 aromatic heterocycles. The molecule has 2 aliphatic heterocycles. The number of methoxy groups -OCH3 is 1. The molecule has 0 radical (unpaired) electrons. The predicted octanol–water partition coefficient (Wildman–Crippen LogP) is 4.32. The summed E-state index contributed by atoms with van der Waals surface area (Å²) in [5, 5.41) is 0.572. The van der Waals surface area contributed by atoms with Crippen LogP contribution in [0.5, 0.6) is 5.75 Å². The number of anilines is 1. The first kappa shape index (κ1) is 27.8. The van der Waals surface area contributed by atoms with E-state index in [1.165, 1.54) is 21.7 Å². The van der Waals surface area contributed by atoms with E-state index in [1.807, 2.05) is 18.2 Å². The summed E-state index contributed by atoms with van der Waals surface area (Å²) in [5.41, 5.74) is 0.776. The highest BCUT2D eigenvalue weighted by Crippen LogP contribution is 2.35. The number of aromatic nitrogens is 1. The number of ether oxygens (including phenoxy) is 2. The Balaban J connectivity index is 1.43. The van der Waals surface area contributed by atoms with E-state index >= 15 is 0 Å². The Kier molecular flexibility index (Phi) is 8.88. The smallest absolute Gasteiger partial charge is 0.253 e. The Morgan fingerprint density at radius 2 is 2.00 bits per heavy atom. The minimum absolute atomic E-state index is 0.160. The molecule has 1 aromatic carbocycles. The van der Waals surface area contributed by atoms with E-state index in [-0.39, 0.29) is 10.1 Å². The molecule has 206 valence electrons. The molecular formula is C25H31ClN4O5S3. The lowest BCUT2D eigenvalue weighted by molar-refractivity contribution is -0.123. The fraction of sp³-hybridized carbons (Fsp3) is 0.520. The van der Waals surface area contributed by atoms with Crippen LogP contribution in [-0.2, 0) is 19.6 Å².